The van der Waals surface area contributed by atoms with E-state index in [2.05, 4.69) is 52.7 Å². The topological polar surface area (TPSA) is 75.2 Å². The standard InChI is InChI=1S/C29H26N2O3/c1-34-29-23(15-16-25-24(29)18-30-31-25)28(22-13-10-19(11-14-22)12-17-26(32)33)27(21-8-5-9-21)20-6-3-2-4-7-20/h2-4,6-7,10-18,21H,5,8-9H2,1H3,(H,30,31)(H,32,33). The molecule has 0 aliphatic heterocycles. The number of carbonyl (C=O) groups is 1. The molecule has 1 aliphatic carbocycles. The maximum atomic E-state index is 10.9. The summed E-state index contributed by atoms with van der Waals surface area (Å²) in [5, 5.41) is 17.2. The van der Waals surface area contributed by atoms with Crippen LogP contribution in [0.1, 0.15) is 41.5 Å². The molecule has 0 amide bonds. The van der Waals surface area contributed by atoms with Crippen LogP contribution in [0.4, 0.5) is 0 Å². The number of benzene rings is 3. The van der Waals surface area contributed by atoms with Crippen LogP contribution in [-0.4, -0.2) is 28.4 Å². The Morgan fingerprint density at radius 1 is 1.03 bits per heavy atom. The Labute approximate surface area is 198 Å². The van der Waals surface area contributed by atoms with Gasteiger partial charge in [0.05, 0.1) is 24.2 Å². The first-order valence-electron chi connectivity index (χ1n) is 11.5. The number of allylic oxidation sites excluding steroid dienone is 1. The van der Waals surface area contributed by atoms with E-state index in [1.807, 2.05) is 24.3 Å². The molecular weight excluding hydrogens is 424 g/mol. The van der Waals surface area contributed by atoms with Crippen LogP contribution in [0.5, 0.6) is 5.75 Å². The minimum absolute atomic E-state index is 0.466. The summed E-state index contributed by atoms with van der Waals surface area (Å²) in [5.74, 6) is 0.303. The van der Waals surface area contributed by atoms with Gasteiger partial charge in [0.15, 0.2) is 0 Å². The molecule has 5 heteroatoms. The highest BCUT2D eigenvalue weighted by molar-refractivity contribution is 6.04. The molecule has 1 heterocycles. The van der Waals surface area contributed by atoms with E-state index in [1.165, 1.54) is 17.6 Å². The quantitative estimate of drug-likeness (QED) is 0.251. The molecule has 4 aromatic rings. The molecule has 5 rings (SSSR count). The number of rotatable bonds is 7. The van der Waals surface area contributed by atoms with Gasteiger partial charge in [-0.15, -0.1) is 0 Å². The summed E-state index contributed by atoms with van der Waals surface area (Å²) in [6, 6.07) is 22.8. The molecule has 0 saturated heterocycles. The molecule has 34 heavy (non-hydrogen) atoms. The van der Waals surface area contributed by atoms with E-state index in [1.54, 1.807) is 19.4 Å². The van der Waals surface area contributed by atoms with Crippen LogP contribution in [-0.2, 0) is 4.79 Å². The molecular formula is C29H26N2O3. The zero-order valence-electron chi connectivity index (χ0n) is 19.0. The maximum absolute atomic E-state index is 10.9. The van der Waals surface area contributed by atoms with Crippen molar-refractivity contribution in [1.82, 2.24) is 10.2 Å². The molecule has 170 valence electrons. The van der Waals surface area contributed by atoms with E-state index in [0.29, 0.717) is 5.92 Å². The van der Waals surface area contributed by atoms with Crippen molar-refractivity contribution in [3.8, 4) is 5.75 Å². The zero-order chi connectivity index (χ0) is 23.5. The minimum atomic E-state index is -0.959. The smallest absolute Gasteiger partial charge is 0.328 e. The van der Waals surface area contributed by atoms with Crippen molar-refractivity contribution in [2.45, 2.75) is 19.3 Å². The number of nitrogens with zero attached hydrogens (tertiary/aromatic N) is 1. The van der Waals surface area contributed by atoms with E-state index < -0.39 is 5.97 Å². The highest BCUT2D eigenvalue weighted by atomic mass is 16.5. The first kappa shape index (κ1) is 21.7. The summed E-state index contributed by atoms with van der Waals surface area (Å²) in [6.07, 6.45) is 8.11. The summed E-state index contributed by atoms with van der Waals surface area (Å²) in [7, 11) is 1.70. The highest BCUT2D eigenvalue weighted by Crippen LogP contribution is 2.47. The second-order valence-electron chi connectivity index (χ2n) is 8.55. The average molecular weight is 451 g/mol. The number of hydrogen-bond acceptors (Lipinski definition) is 3. The van der Waals surface area contributed by atoms with Gasteiger partial charge < -0.3 is 9.84 Å². The van der Waals surface area contributed by atoms with Gasteiger partial charge in [-0.2, -0.15) is 5.10 Å². The van der Waals surface area contributed by atoms with Crippen molar-refractivity contribution >= 4 is 34.1 Å². The summed E-state index contributed by atoms with van der Waals surface area (Å²) in [5.41, 5.74) is 7.54. The number of methoxy groups -OCH3 is 1. The maximum Gasteiger partial charge on any atom is 0.328 e. The number of fused-ring (bicyclic) bond motifs is 1. The molecule has 0 bridgehead atoms. The van der Waals surface area contributed by atoms with E-state index in [4.69, 9.17) is 9.84 Å². The van der Waals surface area contributed by atoms with Gasteiger partial charge in [0, 0.05) is 11.6 Å². The van der Waals surface area contributed by atoms with Crippen molar-refractivity contribution in [1.29, 1.82) is 0 Å². The van der Waals surface area contributed by atoms with Gasteiger partial charge in [-0.3, -0.25) is 5.10 Å². The van der Waals surface area contributed by atoms with Crippen molar-refractivity contribution in [3.05, 3.63) is 101 Å². The van der Waals surface area contributed by atoms with Crippen molar-refractivity contribution < 1.29 is 14.6 Å². The van der Waals surface area contributed by atoms with Gasteiger partial charge in [0.2, 0.25) is 0 Å². The Morgan fingerprint density at radius 3 is 2.44 bits per heavy atom. The number of ether oxygens (including phenoxy) is 1. The summed E-state index contributed by atoms with van der Waals surface area (Å²) < 4.78 is 5.95. The van der Waals surface area contributed by atoms with E-state index >= 15 is 0 Å². The van der Waals surface area contributed by atoms with E-state index in [0.717, 1.165) is 57.8 Å². The van der Waals surface area contributed by atoms with Crippen LogP contribution in [0.3, 0.4) is 0 Å². The Hall–Kier alpha value is -4.12. The number of nitrogens with one attached hydrogen (secondary N) is 1. The normalized spacial score (nSPS) is 14.7. The largest absolute Gasteiger partial charge is 0.495 e. The lowest BCUT2D eigenvalue weighted by Crippen LogP contribution is -2.15. The Kier molecular flexibility index (Phi) is 6.00. The van der Waals surface area contributed by atoms with Gasteiger partial charge in [-0.1, -0.05) is 61.0 Å². The van der Waals surface area contributed by atoms with Gasteiger partial charge in [0.25, 0.3) is 0 Å². The number of carboxylic acid groups (broad SMARTS) is 1. The van der Waals surface area contributed by atoms with Crippen molar-refractivity contribution in [2.24, 2.45) is 5.92 Å². The van der Waals surface area contributed by atoms with E-state index in [-0.39, 0.29) is 0 Å². The van der Waals surface area contributed by atoms with Crippen LogP contribution in [0, 0.1) is 5.92 Å². The Morgan fingerprint density at radius 2 is 1.79 bits per heavy atom. The van der Waals surface area contributed by atoms with Gasteiger partial charge in [0.1, 0.15) is 5.75 Å². The lowest BCUT2D eigenvalue weighted by atomic mass is 9.73. The van der Waals surface area contributed by atoms with Gasteiger partial charge in [-0.25, -0.2) is 4.79 Å². The third kappa shape index (κ3) is 4.13. The number of carboxylic acids is 1. The predicted octanol–water partition coefficient (Wildman–Crippen LogP) is 6.43. The molecule has 0 atom stereocenters. The molecule has 2 N–H and O–H groups in total. The molecule has 0 unspecified atom stereocenters. The Bertz CT molecular complexity index is 1380. The minimum Gasteiger partial charge on any atom is -0.495 e. The first-order valence-corrected chi connectivity index (χ1v) is 11.5. The molecule has 3 aromatic carbocycles. The first-order chi connectivity index (χ1) is 16.7. The number of aliphatic carboxylic acids is 1. The number of H-pyrrole nitrogens is 1. The second kappa shape index (κ2) is 9.40. The fraction of sp³-hybridized carbons (Fsp3) is 0.172. The van der Waals surface area contributed by atoms with Crippen LogP contribution >= 0.6 is 0 Å². The third-order valence-electron chi connectivity index (χ3n) is 6.53. The second-order valence-corrected chi connectivity index (χ2v) is 8.55. The zero-order valence-corrected chi connectivity index (χ0v) is 19.0. The lowest BCUT2D eigenvalue weighted by molar-refractivity contribution is -0.131. The van der Waals surface area contributed by atoms with Gasteiger partial charge >= 0.3 is 5.97 Å². The molecule has 0 radical (unpaired) electrons. The molecule has 1 saturated carbocycles. The highest BCUT2D eigenvalue weighted by Gasteiger charge is 2.28. The van der Waals surface area contributed by atoms with Crippen molar-refractivity contribution in [2.75, 3.05) is 7.11 Å². The average Bonchev–Trinajstić information content (AvgIpc) is 3.31. The molecule has 1 fully saturated rings. The molecule has 5 nitrogen and oxygen atoms in total. The fourth-order valence-corrected chi connectivity index (χ4v) is 4.69. The molecule has 0 spiro atoms. The predicted molar refractivity (Wildman–Crippen MR) is 135 cm³/mol. The third-order valence-corrected chi connectivity index (χ3v) is 6.53. The molecule has 1 aromatic heterocycles. The fourth-order valence-electron chi connectivity index (χ4n) is 4.69. The van der Waals surface area contributed by atoms with Crippen molar-refractivity contribution in [3.63, 3.8) is 0 Å². The number of aromatic nitrogens is 2. The van der Waals surface area contributed by atoms with E-state index in [9.17, 15) is 4.79 Å². The van der Waals surface area contributed by atoms with Crippen LogP contribution in [0.25, 0.3) is 28.1 Å². The number of hydrogen-bond donors (Lipinski definition) is 2. The van der Waals surface area contributed by atoms with Crippen LogP contribution < -0.4 is 4.74 Å². The van der Waals surface area contributed by atoms with Crippen LogP contribution in [0.2, 0.25) is 0 Å². The summed E-state index contributed by atoms with van der Waals surface area (Å²) >= 11 is 0. The van der Waals surface area contributed by atoms with Crippen LogP contribution in [0.15, 0.2) is 79.0 Å². The summed E-state index contributed by atoms with van der Waals surface area (Å²) in [4.78, 5) is 10.9. The lowest BCUT2D eigenvalue weighted by Gasteiger charge is -2.32. The van der Waals surface area contributed by atoms with Gasteiger partial charge in [-0.05, 0) is 64.8 Å². The summed E-state index contributed by atoms with van der Waals surface area (Å²) in [6.45, 7) is 0. The molecule has 1 aliphatic rings. The SMILES string of the molecule is COc1c(C(=C(c2ccccc2)C2CCC2)c2ccc(C=CC(=O)O)cc2)ccc2[nH]ncc12. The monoisotopic (exact) mass is 450 g/mol. The Balaban J connectivity index is 1.77. The number of aromatic amines is 1.